The average molecular weight is 437 g/mol. The molecule has 32 heavy (non-hydrogen) atoms. The van der Waals surface area contributed by atoms with Crippen molar-refractivity contribution >= 4 is 23.2 Å². The Balaban J connectivity index is 2.11. The molecule has 0 aliphatic heterocycles. The molecule has 3 rings (SSSR count). The highest BCUT2D eigenvalue weighted by molar-refractivity contribution is 6.16. The summed E-state index contributed by atoms with van der Waals surface area (Å²) in [5.41, 5.74) is 2.22. The first-order valence-corrected chi connectivity index (χ1v) is 9.74. The van der Waals surface area contributed by atoms with Crippen molar-refractivity contribution in [2.45, 2.75) is 6.42 Å². The molecular formula is C24H23NO7. The maximum absolute atomic E-state index is 13.5. The molecule has 0 heterocycles. The minimum Gasteiger partial charge on any atom is -0.493 e. The summed E-state index contributed by atoms with van der Waals surface area (Å²) < 4.78 is 16.0. The molecular weight excluding hydrogens is 414 g/mol. The van der Waals surface area contributed by atoms with Gasteiger partial charge in [-0.2, -0.15) is 0 Å². The van der Waals surface area contributed by atoms with Crippen LogP contribution in [0.4, 0.5) is 0 Å². The van der Waals surface area contributed by atoms with Gasteiger partial charge in [-0.1, -0.05) is 24.3 Å². The molecule has 0 radical (unpaired) electrons. The van der Waals surface area contributed by atoms with Gasteiger partial charge in [0.25, 0.3) is 5.91 Å². The number of ether oxygens (including phenoxy) is 3. The zero-order valence-corrected chi connectivity index (χ0v) is 17.9. The molecule has 8 nitrogen and oxygen atoms in total. The molecule has 2 aromatic rings. The highest BCUT2D eigenvalue weighted by Gasteiger charge is 2.23. The van der Waals surface area contributed by atoms with Crippen molar-refractivity contribution in [1.82, 2.24) is 5.32 Å². The van der Waals surface area contributed by atoms with Gasteiger partial charge in [0.1, 0.15) is 6.54 Å². The van der Waals surface area contributed by atoms with Gasteiger partial charge in [-0.05, 0) is 41.8 Å². The number of hydrogen-bond acceptors (Lipinski definition) is 6. The van der Waals surface area contributed by atoms with Crippen LogP contribution in [-0.2, 0) is 4.79 Å². The molecule has 8 heteroatoms. The van der Waals surface area contributed by atoms with E-state index in [4.69, 9.17) is 19.3 Å². The first kappa shape index (κ1) is 22.6. The van der Waals surface area contributed by atoms with E-state index in [1.54, 1.807) is 12.1 Å². The summed E-state index contributed by atoms with van der Waals surface area (Å²) in [6.45, 7) is -0.562. The zero-order chi connectivity index (χ0) is 23.3. The highest BCUT2D eigenvalue weighted by atomic mass is 16.5. The number of allylic oxidation sites excluding steroid dienone is 4. The Bertz CT molecular complexity index is 1110. The fourth-order valence-corrected chi connectivity index (χ4v) is 3.41. The van der Waals surface area contributed by atoms with Crippen LogP contribution < -0.4 is 19.5 Å². The maximum Gasteiger partial charge on any atom is 0.322 e. The van der Waals surface area contributed by atoms with Crippen LogP contribution >= 0.6 is 0 Å². The van der Waals surface area contributed by atoms with E-state index >= 15 is 0 Å². The van der Waals surface area contributed by atoms with Crippen molar-refractivity contribution in [3.63, 3.8) is 0 Å². The monoisotopic (exact) mass is 437 g/mol. The summed E-state index contributed by atoms with van der Waals surface area (Å²) in [4.78, 5) is 37.1. The number of hydrogen-bond donors (Lipinski definition) is 2. The number of aliphatic carboxylic acids is 1. The number of methoxy groups -OCH3 is 3. The minimum atomic E-state index is -1.19. The third-order valence-electron chi connectivity index (χ3n) is 4.98. The van der Waals surface area contributed by atoms with E-state index in [1.165, 1.54) is 39.5 Å². The Morgan fingerprint density at radius 2 is 1.66 bits per heavy atom. The SMILES string of the molecule is COc1cc(C(=O)c2cc(C3=CC=CC3)ccc2C(=O)NCC(=O)O)cc(OC)c1OC. The van der Waals surface area contributed by atoms with Crippen LogP contribution in [-0.4, -0.2) is 50.6 Å². The lowest BCUT2D eigenvalue weighted by Crippen LogP contribution is -2.30. The number of carbonyl (C=O) groups excluding carboxylic acids is 2. The molecule has 0 fully saturated rings. The van der Waals surface area contributed by atoms with E-state index in [0.717, 1.165) is 11.1 Å². The number of nitrogens with one attached hydrogen (secondary N) is 1. The van der Waals surface area contributed by atoms with Gasteiger partial charge in [0.05, 0.1) is 26.9 Å². The third-order valence-corrected chi connectivity index (χ3v) is 4.98. The lowest BCUT2D eigenvalue weighted by Gasteiger charge is -2.15. The van der Waals surface area contributed by atoms with Crippen LogP contribution in [0.5, 0.6) is 17.2 Å². The number of ketones is 1. The molecule has 1 aliphatic rings. The number of carbonyl (C=O) groups is 3. The molecule has 0 unspecified atom stereocenters. The molecule has 1 aliphatic carbocycles. The van der Waals surface area contributed by atoms with Crippen molar-refractivity contribution in [3.05, 3.63) is 70.8 Å². The van der Waals surface area contributed by atoms with Crippen molar-refractivity contribution < 1.29 is 33.7 Å². The number of carboxylic acid groups (broad SMARTS) is 1. The molecule has 0 spiro atoms. The highest BCUT2D eigenvalue weighted by Crippen LogP contribution is 2.39. The van der Waals surface area contributed by atoms with Gasteiger partial charge in [0.15, 0.2) is 17.3 Å². The number of benzene rings is 2. The second-order valence-electron chi connectivity index (χ2n) is 6.90. The Hall–Kier alpha value is -4.07. The fourth-order valence-electron chi connectivity index (χ4n) is 3.41. The molecule has 0 saturated heterocycles. The van der Waals surface area contributed by atoms with Gasteiger partial charge in [-0.15, -0.1) is 0 Å². The van der Waals surface area contributed by atoms with Crippen LogP contribution in [0.15, 0.2) is 48.6 Å². The molecule has 0 saturated carbocycles. The summed E-state index contributed by atoms with van der Waals surface area (Å²) in [7, 11) is 4.34. The summed E-state index contributed by atoms with van der Waals surface area (Å²) in [6, 6.07) is 7.91. The summed E-state index contributed by atoms with van der Waals surface area (Å²) in [5.74, 6) is -1.36. The van der Waals surface area contributed by atoms with Gasteiger partial charge in [0, 0.05) is 11.1 Å². The van der Waals surface area contributed by atoms with E-state index in [2.05, 4.69) is 5.32 Å². The van der Waals surface area contributed by atoms with Crippen LogP contribution in [0.1, 0.15) is 38.3 Å². The van der Waals surface area contributed by atoms with Gasteiger partial charge in [-0.25, -0.2) is 0 Å². The van der Waals surface area contributed by atoms with Gasteiger partial charge < -0.3 is 24.6 Å². The first-order valence-electron chi connectivity index (χ1n) is 9.74. The predicted octanol–water partition coefficient (Wildman–Crippen LogP) is 3.10. The lowest BCUT2D eigenvalue weighted by atomic mass is 9.93. The fraction of sp³-hybridized carbons (Fsp3) is 0.208. The predicted molar refractivity (Wildman–Crippen MR) is 118 cm³/mol. The Morgan fingerprint density at radius 3 is 2.19 bits per heavy atom. The summed E-state index contributed by atoms with van der Waals surface area (Å²) in [5, 5.41) is 11.2. The first-order chi connectivity index (χ1) is 15.4. The summed E-state index contributed by atoms with van der Waals surface area (Å²) >= 11 is 0. The Labute approximate surface area is 185 Å². The maximum atomic E-state index is 13.5. The quantitative estimate of drug-likeness (QED) is 0.580. The van der Waals surface area contributed by atoms with Crippen molar-refractivity contribution in [2.75, 3.05) is 27.9 Å². The van der Waals surface area contributed by atoms with Crippen LogP contribution in [0.3, 0.4) is 0 Å². The lowest BCUT2D eigenvalue weighted by molar-refractivity contribution is -0.135. The summed E-state index contributed by atoms with van der Waals surface area (Å²) in [6.07, 6.45) is 6.56. The minimum absolute atomic E-state index is 0.0697. The molecule has 166 valence electrons. The standard InChI is InChI=1S/C24H23NO7/c1-30-19-11-16(12-20(31-2)23(19)32-3)22(28)18-10-15(14-6-4-5-7-14)8-9-17(18)24(29)25-13-21(26)27/h4-6,8-12H,7,13H2,1-3H3,(H,25,29)(H,26,27). The second kappa shape index (κ2) is 9.82. The second-order valence-corrected chi connectivity index (χ2v) is 6.90. The van der Waals surface area contributed by atoms with Crippen LogP contribution in [0, 0.1) is 0 Å². The normalized spacial score (nSPS) is 12.2. The number of carboxylic acids is 1. The van der Waals surface area contributed by atoms with E-state index in [9.17, 15) is 14.4 Å². The van der Waals surface area contributed by atoms with Gasteiger partial charge >= 0.3 is 5.97 Å². The third kappa shape index (κ3) is 4.64. The van der Waals surface area contributed by atoms with Gasteiger partial charge in [-0.3, -0.25) is 14.4 Å². The van der Waals surface area contributed by atoms with Crippen molar-refractivity contribution in [2.24, 2.45) is 0 Å². The zero-order valence-electron chi connectivity index (χ0n) is 17.9. The molecule has 0 atom stereocenters. The molecule has 0 aromatic heterocycles. The topological polar surface area (TPSA) is 111 Å². The van der Waals surface area contributed by atoms with E-state index < -0.39 is 24.2 Å². The molecule has 2 N–H and O–H groups in total. The molecule has 2 aromatic carbocycles. The van der Waals surface area contributed by atoms with Crippen molar-refractivity contribution in [3.8, 4) is 17.2 Å². The average Bonchev–Trinajstić information content (AvgIpc) is 3.35. The van der Waals surface area contributed by atoms with Gasteiger partial charge in [0.2, 0.25) is 5.75 Å². The number of amides is 1. The van der Waals surface area contributed by atoms with Crippen molar-refractivity contribution in [1.29, 1.82) is 0 Å². The number of rotatable bonds is 9. The van der Waals surface area contributed by atoms with E-state index in [1.807, 2.05) is 18.2 Å². The molecule has 1 amide bonds. The molecule has 0 bridgehead atoms. The Kier molecular flexibility index (Phi) is 6.94. The Morgan fingerprint density at radius 1 is 0.969 bits per heavy atom. The van der Waals surface area contributed by atoms with E-state index in [-0.39, 0.29) is 16.7 Å². The van der Waals surface area contributed by atoms with Crippen LogP contribution in [0.25, 0.3) is 5.57 Å². The van der Waals surface area contributed by atoms with Crippen LogP contribution in [0.2, 0.25) is 0 Å². The largest absolute Gasteiger partial charge is 0.493 e. The smallest absolute Gasteiger partial charge is 0.322 e. The van der Waals surface area contributed by atoms with E-state index in [0.29, 0.717) is 23.7 Å².